The van der Waals surface area contributed by atoms with Gasteiger partial charge in [-0.3, -0.25) is 9.69 Å². The monoisotopic (exact) mass is 440 g/mol. The molecule has 0 spiro atoms. The standard InChI is InChI=1S/C26H36N2O4/c1-16(2)15-32-25(31)28-14-22(29)10-23(28)24(30)27-21-5-3-20(4-6-21)26-11-17-7-18(12-26)9-19(8-17)13-26/h3-6,16-19,22-23,29H,7-15H2,1-2H3,(H,27,30)/t17?,18?,19?,22?,23-,26?/m1/s1. The van der Waals surface area contributed by atoms with Crippen molar-refractivity contribution in [2.75, 3.05) is 18.5 Å². The van der Waals surface area contributed by atoms with Gasteiger partial charge >= 0.3 is 6.09 Å². The average molecular weight is 441 g/mol. The molecule has 4 saturated carbocycles. The minimum atomic E-state index is -0.715. The fourth-order valence-corrected chi connectivity index (χ4v) is 7.18. The Bertz CT molecular complexity index is 830. The number of benzene rings is 1. The van der Waals surface area contributed by atoms with Gasteiger partial charge in [0.05, 0.1) is 19.3 Å². The van der Waals surface area contributed by atoms with Crippen molar-refractivity contribution in [3.63, 3.8) is 0 Å². The molecule has 6 heteroatoms. The van der Waals surface area contributed by atoms with E-state index in [0.717, 1.165) is 23.4 Å². The van der Waals surface area contributed by atoms with Crippen molar-refractivity contribution in [2.45, 2.75) is 76.4 Å². The molecule has 1 aliphatic heterocycles. The van der Waals surface area contributed by atoms with E-state index in [1.807, 2.05) is 26.0 Å². The number of likely N-dealkylation sites (tertiary alicyclic amines) is 1. The Balaban J connectivity index is 1.24. The largest absolute Gasteiger partial charge is 0.449 e. The third-order valence-electron chi connectivity index (χ3n) is 8.16. The fourth-order valence-electron chi connectivity index (χ4n) is 7.18. The normalized spacial score (nSPS) is 35.4. The quantitative estimate of drug-likeness (QED) is 0.715. The zero-order chi connectivity index (χ0) is 22.5. The van der Waals surface area contributed by atoms with E-state index in [0.29, 0.717) is 12.0 Å². The van der Waals surface area contributed by atoms with Crippen LogP contribution in [-0.2, 0) is 14.9 Å². The molecule has 1 heterocycles. The Morgan fingerprint density at radius 2 is 1.66 bits per heavy atom. The van der Waals surface area contributed by atoms with Gasteiger partial charge in [0.1, 0.15) is 6.04 Å². The first kappa shape index (κ1) is 21.7. The molecule has 2 atom stereocenters. The molecule has 0 radical (unpaired) electrons. The third-order valence-corrected chi connectivity index (χ3v) is 8.16. The molecule has 1 aromatic rings. The lowest BCUT2D eigenvalue weighted by molar-refractivity contribution is -0.120. The van der Waals surface area contributed by atoms with E-state index in [2.05, 4.69) is 17.4 Å². The lowest BCUT2D eigenvalue weighted by atomic mass is 9.48. The van der Waals surface area contributed by atoms with E-state index in [1.54, 1.807) is 0 Å². The number of aliphatic hydroxyl groups excluding tert-OH is 1. The van der Waals surface area contributed by atoms with Crippen molar-refractivity contribution in [1.29, 1.82) is 0 Å². The number of amides is 2. The zero-order valence-electron chi connectivity index (χ0n) is 19.3. The van der Waals surface area contributed by atoms with Gasteiger partial charge in [-0.25, -0.2) is 4.79 Å². The molecule has 5 aliphatic rings. The molecule has 6 rings (SSSR count). The molecule has 4 bridgehead atoms. The van der Waals surface area contributed by atoms with Crippen molar-refractivity contribution in [3.8, 4) is 0 Å². The van der Waals surface area contributed by atoms with E-state index < -0.39 is 18.2 Å². The van der Waals surface area contributed by atoms with Gasteiger partial charge in [0, 0.05) is 12.1 Å². The topological polar surface area (TPSA) is 78.9 Å². The number of ether oxygens (including phenoxy) is 1. The lowest BCUT2D eigenvalue weighted by Crippen LogP contribution is -2.48. The SMILES string of the molecule is CC(C)COC(=O)N1CC(O)C[C@@H]1C(=O)Nc1ccc(C23CC4CC(CC(C4)C2)C3)cc1. The Hall–Kier alpha value is -2.08. The minimum absolute atomic E-state index is 0.125. The minimum Gasteiger partial charge on any atom is -0.449 e. The second-order valence-electron chi connectivity index (χ2n) is 11.3. The number of rotatable bonds is 5. The molecule has 0 aromatic heterocycles. The highest BCUT2D eigenvalue weighted by Gasteiger charge is 2.51. The molecule has 2 amide bonds. The van der Waals surface area contributed by atoms with Crippen molar-refractivity contribution < 1.29 is 19.4 Å². The molecule has 5 fully saturated rings. The number of nitrogens with zero attached hydrogens (tertiary/aromatic N) is 1. The van der Waals surface area contributed by atoms with Gasteiger partial charge < -0.3 is 15.2 Å². The molecule has 1 aromatic carbocycles. The molecular formula is C26H36N2O4. The van der Waals surface area contributed by atoms with Crippen LogP contribution in [0.25, 0.3) is 0 Å². The number of nitrogens with one attached hydrogen (secondary N) is 1. The molecule has 1 unspecified atom stereocenters. The molecule has 4 aliphatic carbocycles. The second kappa shape index (κ2) is 8.36. The number of hydrogen-bond acceptors (Lipinski definition) is 4. The maximum Gasteiger partial charge on any atom is 0.410 e. The fraction of sp³-hybridized carbons (Fsp3) is 0.692. The summed E-state index contributed by atoms with van der Waals surface area (Å²) in [6, 6.07) is 7.67. The lowest BCUT2D eigenvalue weighted by Gasteiger charge is -2.57. The summed E-state index contributed by atoms with van der Waals surface area (Å²) in [5.74, 6) is 2.64. The van der Waals surface area contributed by atoms with Crippen LogP contribution in [0.4, 0.5) is 10.5 Å². The molecule has 2 N–H and O–H groups in total. The first-order chi connectivity index (χ1) is 15.3. The van der Waals surface area contributed by atoms with Crippen molar-refractivity contribution in [3.05, 3.63) is 29.8 Å². The summed E-state index contributed by atoms with van der Waals surface area (Å²) in [6.45, 7) is 4.35. The van der Waals surface area contributed by atoms with Crippen LogP contribution < -0.4 is 5.32 Å². The van der Waals surface area contributed by atoms with E-state index in [-0.39, 0.29) is 24.8 Å². The summed E-state index contributed by atoms with van der Waals surface area (Å²) in [6.07, 6.45) is 7.22. The van der Waals surface area contributed by atoms with Crippen LogP contribution in [0.2, 0.25) is 0 Å². The van der Waals surface area contributed by atoms with Crippen LogP contribution in [0.5, 0.6) is 0 Å². The van der Waals surface area contributed by atoms with Crippen molar-refractivity contribution >= 4 is 17.7 Å². The summed E-state index contributed by atoms with van der Waals surface area (Å²) in [4.78, 5) is 26.7. The molecule has 6 nitrogen and oxygen atoms in total. The predicted molar refractivity (Wildman–Crippen MR) is 122 cm³/mol. The first-order valence-corrected chi connectivity index (χ1v) is 12.3. The van der Waals surface area contributed by atoms with E-state index in [9.17, 15) is 14.7 Å². The van der Waals surface area contributed by atoms with Crippen LogP contribution in [0, 0.1) is 23.7 Å². The van der Waals surface area contributed by atoms with E-state index in [1.165, 1.54) is 49.0 Å². The van der Waals surface area contributed by atoms with Crippen molar-refractivity contribution in [2.24, 2.45) is 23.7 Å². The number of β-amino-alcohol motifs (C(OH)–C–C–N with tert-alkyl or cyclic N) is 1. The summed E-state index contributed by atoms with van der Waals surface area (Å²) in [5, 5.41) is 13.0. The number of anilines is 1. The Kier molecular flexibility index (Phi) is 5.68. The van der Waals surface area contributed by atoms with Gasteiger partial charge in [0.25, 0.3) is 0 Å². The molecular weight excluding hydrogens is 404 g/mol. The Labute approximate surface area is 190 Å². The van der Waals surface area contributed by atoms with Gasteiger partial charge in [0.15, 0.2) is 0 Å². The van der Waals surface area contributed by atoms with Crippen LogP contribution in [-0.4, -0.2) is 47.3 Å². The third kappa shape index (κ3) is 4.14. The van der Waals surface area contributed by atoms with Gasteiger partial charge in [0.2, 0.25) is 5.91 Å². The summed E-state index contributed by atoms with van der Waals surface area (Å²) < 4.78 is 5.29. The maximum atomic E-state index is 12.9. The predicted octanol–water partition coefficient (Wildman–Crippen LogP) is 4.32. The van der Waals surface area contributed by atoms with Crippen LogP contribution in [0.1, 0.15) is 64.4 Å². The summed E-state index contributed by atoms with van der Waals surface area (Å²) in [7, 11) is 0. The Morgan fingerprint density at radius 3 is 2.22 bits per heavy atom. The molecule has 1 saturated heterocycles. The number of aliphatic hydroxyl groups is 1. The molecule has 32 heavy (non-hydrogen) atoms. The van der Waals surface area contributed by atoms with Gasteiger partial charge in [-0.1, -0.05) is 26.0 Å². The van der Waals surface area contributed by atoms with Crippen LogP contribution >= 0.6 is 0 Å². The number of carbonyl (C=O) groups excluding carboxylic acids is 2. The maximum absolute atomic E-state index is 12.9. The van der Waals surface area contributed by atoms with Gasteiger partial charge in [-0.05, 0) is 85.3 Å². The summed E-state index contributed by atoms with van der Waals surface area (Å²) >= 11 is 0. The molecule has 174 valence electrons. The van der Waals surface area contributed by atoms with E-state index in [4.69, 9.17) is 4.74 Å². The second-order valence-corrected chi connectivity index (χ2v) is 11.3. The van der Waals surface area contributed by atoms with Crippen LogP contribution in [0.3, 0.4) is 0 Å². The number of hydrogen-bond donors (Lipinski definition) is 2. The smallest absolute Gasteiger partial charge is 0.410 e. The van der Waals surface area contributed by atoms with E-state index >= 15 is 0 Å². The highest BCUT2D eigenvalue weighted by atomic mass is 16.6. The summed E-state index contributed by atoms with van der Waals surface area (Å²) in [5.41, 5.74) is 2.49. The average Bonchev–Trinajstić information content (AvgIpc) is 3.13. The Morgan fingerprint density at radius 1 is 1.06 bits per heavy atom. The van der Waals surface area contributed by atoms with Crippen molar-refractivity contribution in [1.82, 2.24) is 4.90 Å². The van der Waals surface area contributed by atoms with Gasteiger partial charge in [-0.15, -0.1) is 0 Å². The zero-order valence-corrected chi connectivity index (χ0v) is 19.3. The van der Waals surface area contributed by atoms with Gasteiger partial charge in [-0.2, -0.15) is 0 Å². The van der Waals surface area contributed by atoms with Crippen LogP contribution in [0.15, 0.2) is 24.3 Å². The number of carbonyl (C=O) groups is 2. The first-order valence-electron chi connectivity index (χ1n) is 12.3. The highest BCUT2D eigenvalue weighted by molar-refractivity contribution is 5.97. The highest BCUT2D eigenvalue weighted by Crippen LogP contribution is 2.60.